The van der Waals surface area contributed by atoms with Crippen LogP contribution < -0.4 is 5.32 Å². The van der Waals surface area contributed by atoms with E-state index in [4.69, 9.17) is 9.47 Å². The van der Waals surface area contributed by atoms with Crippen LogP contribution in [0.3, 0.4) is 0 Å². The lowest BCUT2D eigenvalue weighted by atomic mass is 9.97. The van der Waals surface area contributed by atoms with E-state index in [1.165, 1.54) is 5.56 Å². The zero-order valence-electron chi connectivity index (χ0n) is 28.5. The third-order valence-corrected chi connectivity index (χ3v) is 9.44. The Kier molecular flexibility index (Phi) is 11.5. The number of aliphatic hydroxyl groups is 1. The Morgan fingerprint density at radius 2 is 1.38 bits per heavy atom. The molecule has 0 saturated carbocycles. The van der Waals surface area contributed by atoms with Crippen LogP contribution in [0.4, 0.5) is 22.0 Å². The fourth-order valence-corrected chi connectivity index (χ4v) is 6.34. The molecule has 1 aliphatic rings. The van der Waals surface area contributed by atoms with E-state index >= 15 is 0 Å². The maximum Gasteiger partial charge on any atom is 0.257 e. The second-order valence-corrected chi connectivity index (χ2v) is 12.8. The van der Waals surface area contributed by atoms with Gasteiger partial charge in [0.15, 0.2) is 29.6 Å². The lowest BCUT2D eigenvalue weighted by Gasteiger charge is -2.39. The van der Waals surface area contributed by atoms with Gasteiger partial charge < -0.3 is 19.9 Å². The van der Waals surface area contributed by atoms with Crippen LogP contribution in [0, 0.1) is 29.1 Å². The van der Waals surface area contributed by atoms with Crippen molar-refractivity contribution in [2.45, 2.75) is 51.0 Å². The first-order chi connectivity index (χ1) is 25.0. The Balaban J connectivity index is 1.20. The van der Waals surface area contributed by atoms with Crippen molar-refractivity contribution in [2.24, 2.45) is 0 Å². The molecular weight excluding hydrogens is 679 g/mol. The quantitative estimate of drug-likeness (QED) is 0.0814. The molecule has 0 aliphatic carbocycles. The highest BCUT2D eigenvalue weighted by Gasteiger charge is 2.34. The highest BCUT2D eigenvalue weighted by atomic mass is 19.2. The molecule has 5 aromatic carbocycles. The van der Waals surface area contributed by atoms with Crippen molar-refractivity contribution in [1.29, 1.82) is 0 Å². The monoisotopic (exact) mass is 716 g/mol. The standard InChI is InChI=1S/C41H37F5N2O4/c1-24(26-8-4-3-5-9-26)48(2)22-31-20-33(28-14-12-25(23-49)13-15-28)52-41(51-31)29-18-16-27(17-19-29)32-11-7-6-10-30(32)21-47-40(50)34-35(42)37(44)39(46)38(45)36(34)43/h3-19,24,31,33,41,49H,20-23H2,1-2H3,(H,47,50)/t24-,31-,33+,41+/m0/s1. The van der Waals surface area contributed by atoms with Crippen LogP contribution in [0.25, 0.3) is 11.1 Å². The second kappa shape index (κ2) is 16.2. The molecule has 1 heterocycles. The number of nitrogens with one attached hydrogen (secondary N) is 1. The van der Waals surface area contributed by atoms with E-state index in [1.54, 1.807) is 24.3 Å². The molecule has 6 nitrogen and oxygen atoms in total. The van der Waals surface area contributed by atoms with Gasteiger partial charge in [-0.15, -0.1) is 0 Å². The van der Waals surface area contributed by atoms with Crippen LogP contribution in [0.2, 0.25) is 0 Å². The van der Waals surface area contributed by atoms with Gasteiger partial charge in [-0.3, -0.25) is 9.69 Å². The average Bonchev–Trinajstić information content (AvgIpc) is 3.18. The van der Waals surface area contributed by atoms with E-state index in [1.807, 2.05) is 66.7 Å². The highest BCUT2D eigenvalue weighted by Crippen LogP contribution is 2.39. The first-order valence-corrected chi connectivity index (χ1v) is 16.8. The van der Waals surface area contributed by atoms with E-state index in [0.29, 0.717) is 24.1 Å². The Bertz CT molecular complexity index is 1980. The highest BCUT2D eigenvalue weighted by molar-refractivity contribution is 5.95. The Morgan fingerprint density at radius 3 is 2.04 bits per heavy atom. The van der Waals surface area contributed by atoms with Gasteiger partial charge in [-0.05, 0) is 47.4 Å². The molecule has 52 heavy (non-hydrogen) atoms. The third-order valence-electron chi connectivity index (χ3n) is 9.44. The molecular formula is C41H37F5N2O4. The number of likely N-dealkylation sites (N-methyl/N-ethyl adjacent to an activating group) is 1. The number of nitrogens with zero attached hydrogens (tertiary/aromatic N) is 1. The van der Waals surface area contributed by atoms with Gasteiger partial charge in [-0.2, -0.15) is 0 Å². The fraction of sp³-hybridized carbons (Fsp3) is 0.244. The molecule has 1 saturated heterocycles. The minimum Gasteiger partial charge on any atom is -0.392 e. The van der Waals surface area contributed by atoms with Crippen LogP contribution in [0.1, 0.15) is 70.0 Å². The summed E-state index contributed by atoms with van der Waals surface area (Å²) >= 11 is 0. The zero-order valence-corrected chi connectivity index (χ0v) is 28.5. The van der Waals surface area contributed by atoms with Crippen molar-refractivity contribution in [2.75, 3.05) is 13.6 Å². The summed E-state index contributed by atoms with van der Waals surface area (Å²) in [5.41, 5.74) is 4.13. The number of benzene rings is 5. The number of ether oxygens (including phenoxy) is 2. The van der Waals surface area contributed by atoms with Crippen molar-refractivity contribution in [3.63, 3.8) is 0 Å². The maximum atomic E-state index is 14.2. The number of hydrogen-bond donors (Lipinski definition) is 2. The van der Waals surface area contributed by atoms with Gasteiger partial charge >= 0.3 is 0 Å². The van der Waals surface area contributed by atoms with Crippen LogP contribution in [0.5, 0.6) is 0 Å². The Morgan fingerprint density at radius 1 is 0.788 bits per heavy atom. The summed E-state index contributed by atoms with van der Waals surface area (Å²) in [5.74, 6) is -12.6. The van der Waals surface area contributed by atoms with Gasteiger partial charge in [-0.25, -0.2) is 22.0 Å². The number of carbonyl (C=O) groups is 1. The number of rotatable bonds is 11. The molecule has 0 aromatic heterocycles. The van der Waals surface area contributed by atoms with Gasteiger partial charge in [0.05, 0.1) is 18.8 Å². The fourth-order valence-electron chi connectivity index (χ4n) is 6.34. The molecule has 1 fully saturated rings. The van der Waals surface area contributed by atoms with E-state index in [-0.39, 0.29) is 31.4 Å². The molecule has 6 rings (SSSR count). The molecule has 1 aliphatic heterocycles. The van der Waals surface area contributed by atoms with Gasteiger partial charge in [0, 0.05) is 31.1 Å². The molecule has 1 amide bonds. The van der Waals surface area contributed by atoms with Crippen LogP contribution >= 0.6 is 0 Å². The molecule has 11 heteroatoms. The van der Waals surface area contributed by atoms with E-state index in [2.05, 4.69) is 36.3 Å². The first-order valence-electron chi connectivity index (χ1n) is 16.8. The zero-order chi connectivity index (χ0) is 36.9. The number of hydrogen-bond acceptors (Lipinski definition) is 5. The SMILES string of the molecule is C[C@@H](c1ccccc1)N(C)C[C@@H]1C[C@H](c2ccc(CO)cc2)O[C@H](c2ccc(-c3ccccc3CNC(=O)c3c(F)c(F)c(F)c(F)c3F)cc2)O1. The molecule has 0 radical (unpaired) electrons. The summed E-state index contributed by atoms with van der Waals surface area (Å²) in [5, 5.41) is 11.8. The lowest BCUT2D eigenvalue weighted by molar-refractivity contribution is -0.253. The van der Waals surface area contributed by atoms with Crippen molar-refractivity contribution in [3.8, 4) is 11.1 Å². The normalized spacial score (nSPS) is 18.0. The summed E-state index contributed by atoms with van der Waals surface area (Å²) in [6.07, 6.45) is -0.548. The van der Waals surface area contributed by atoms with Crippen molar-refractivity contribution >= 4 is 5.91 Å². The van der Waals surface area contributed by atoms with Gasteiger partial charge in [0.2, 0.25) is 5.82 Å². The van der Waals surface area contributed by atoms with Crippen molar-refractivity contribution in [1.82, 2.24) is 10.2 Å². The maximum absolute atomic E-state index is 14.2. The summed E-state index contributed by atoms with van der Waals surface area (Å²) in [7, 11) is 2.06. The smallest absolute Gasteiger partial charge is 0.257 e. The second-order valence-electron chi connectivity index (χ2n) is 12.8. The molecule has 270 valence electrons. The lowest BCUT2D eigenvalue weighted by Crippen LogP contribution is -2.38. The molecule has 2 N–H and O–H groups in total. The summed E-state index contributed by atoms with van der Waals surface area (Å²) < 4.78 is 82.5. The molecule has 0 bridgehead atoms. The van der Waals surface area contributed by atoms with Crippen molar-refractivity contribution in [3.05, 3.63) is 166 Å². The van der Waals surface area contributed by atoms with Crippen LogP contribution in [0.15, 0.2) is 103 Å². The minimum absolute atomic E-state index is 0.0600. The number of carbonyl (C=O) groups excluding carboxylic acids is 1. The number of halogens is 5. The van der Waals surface area contributed by atoms with Crippen LogP contribution in [-0.2, 0) is 22.6 Å². The minimum atomic E-state index is -2.34. The molecule has 5 aromatic rings. The molecule has 0 unspecified atom stereocenters. The predicted molar refractivity (Wildman–Crippen MR) is 185 cm³/mol. The predicted octanol–water partition coefficient (Wildman–Crippen LogP) is 8.71. The summed E-state index contributed by atoms with van der Waals surface area (Å²) in [6.45, 7) is 2.48. The van der Waals surface area contributed by atoms with E-state index in [9.17, 15) is 31.9 Å². The van der Waals surface area contributed by atoms with Crippen molar-refractivity contribution < 1.29 is 41.3 Å². The van der Waals surface area contributed by atoms with Gasteiger partial charge in [-0.1, -0.05) is 103 Å². The molecule has 0 spiro atoms. The Labute approximate surface area is 298 Å². The third kappa shape index (κ3) is 7.93. The van der Waals surface area contributed by atoms with Crippen LogP contribution in [-0.4, -0.2) is 35.6 Å². The molecule has 4 atom stereocenters. The largest absolute Gasteiger partial charge is 0.392 e. The summed E-state index contributed by atoms with van der Waals surface area (Å²) in [6, 6.07) is 32.4. The summed E-state index contributed by atoms with van der Waals surface area (Å²) in [4.78, 5) is 14.9. The first kappa shape index (κ1) is 36.8. The number of amides is 1. The van der Waals surface area contributed by atoms with Gasteiger partial charge in [0.1, 0.15) is 5.56 Å². The average molecular weight is 717 g/mol. The Hall–Kier alpha value is -4.94. The van der Waals surface area contributed by atoms with Gasteiger partial charge in [0.25, 0.3) is 5.91 Å². The number of aliphatic hydroxyl groups excluding tert-OH is 1. The topological polar surface area (TPSA) is 71.0 Å². The van der Waals surface area contributed by atoms with E-state index in [0.717, 1.165) is 22.3 Å². The van der Waals surface area contributed by atoms with E-state index < -0.39 is 46.8 Å².